The minimum absolute atomic E-state index is 0.0719. The highest BCUT2D eigenvalue weighted by Gasteiger charge is 2.45. The van der Waals surface area contributed by atoms with Gasteiger partial charge in [0.05, 0.1) is 5.56 Å². The van der Waals surface area contributed by atoms with Crippen LogP contribution in [0.15, 0.2) is 17.0 Å². The predicted octanol–water partition coefficient (Wildman–Crippen LogP) is 1.90. The average Bonchev–Trinajstić information content (AvgIpc) is 2.95. The Hall–Kier alpha value is -1.18. The first-order valence-electron chi connectivity index (χ1n) is 6.32. The molecule has 1 aromatic carbocycles. The van der Waals surface area contributed by atoms with E-state index < -0.39 is 32.2 Å². The van der Waals surface area contributed by atoms with E-state index in [2.05, 4.69) is 19.2 Å². The monoisotopic (exact) mass is 334 g/mol. The molecule has 1 aliphatic rings. The average molecular weight is 335 g/mol. The maximum Gasteiger partial charge on any atom is 0.254 e. The highest BCUT2D eigenvalue weighted by Crippen LogP contribution is 2.51. The zero-order valence-corrected chi connectivity index (χ0v) is 13.2. The number of benzene rings is 1. The van der Waals surface area contributed by atoms with Crippen LogP contribution < -0.4 is 10.5 Å². The lowest BCUT2D eigenvalue weighted by Gasteiger charge is -2.10. The maximum atomic E-state index is 14.1. The smallest absolute Gasteiger partial charge is 0.254 e. The lowest BCUT2D eigenvalue weighted by molar-refractivity contribution is 0.0946. The molecule has 1 amide bonds. The van der Waals surface area contributed by atoms with Crippen LogP contribution in [0.4, 0.5) is 4.39 Å². The van der Waals surface area contributed by atoms with Crippen LogP contribution in [0.2, 0.25) is 5.02 Å². The van der Waals surface area contributed by atoms with E-state index in [1.54, 1.807) is 0 Å². The normalized spacial score (nSPS) is 20.1. The molecule has 116 valence electrons. The Kier molecular flexibility index (Phi) is 4.03. The lowest BCUT2D eigenvalue weighted by atomic mass is 10.1. The number of nitrogens with one attached hydrogen (secondary N) is 1. The van der Waals surface area contributed by atoms with Gasteiger partial charge in [-0.15, -0.1) is 0 Å². The standard InChI is InChI=1S/C13H16ClFN2O3S/c1-13(2)5-7(13)6-17-12(18)9-3-8(14)4-10(11(9)15)21(16,19)20/h3-4,7H,5-6H2,1-2H3,(H,17,18)(H2,16,19,20). The van der Waals surface area contributed by atoms with Crippen LogP contribution in [0.25, 0.3) is 0 Å². The van der Waals surface area contributed by atoms with Crippen molar-refractivity contribution in [2.75, 3.05) is 6.54 Å². The molecular weight excluding hydrogens is 319 g/mol. The van der Waals surface area contributed by atoms with Gasteiger partial charge < -0.3 is 5.32 Å². The molecular formula is C13H16ClFN2O3S. The Morgan fingerprint density at radius 3 is 2.57 bits per heavy atom. The largest absolute Gasteiger partial charge is 0.352 e. The number of rotatable bonds is 4. The van der Waals surface area contributed by atoms with E-state index in [4.69, 9.17) is 16.7 Å². The minimum atomic E-state index is -4.29. The number of carbonyl (C=O) groups is 1. The summed E-state index contributed by atoms with van der Waals surface area (Å²) >= 11 is 5.73. The first kappa shape index (κ1) is 16.2. The quantitative estimate of drug-likeness (QED) is 0.881. The zero-order valence-electron chi connectivity index (χ0n) is 11.6. The van der Waals surface area contributed by atoms with Crippen LogP contribution in [0.3, 0.4) is 0 Å². The van der Waals surface area contributed by atoms with Crippen molar-refractivity contribution in [1.29, 1.82) is 0 Å². The molecule has 1 aromatic rings. The van der Waals surface area contributed by atoms with E-state index in [9.17, 15) is 17.6 Å². The summed E-state index contributed by atoms with van der Waals surface area (Å²) in [5.41, 5.74) is -0.253. The molecule has 0 aromatic heterocycles. The van der Waals surface area contributed by atoms with Crippen molar-refractivity contribution >= 4 is 27.5 Å². The first-order chi connectivity index (χ1) is 9.52. The van der Waals surface area contributed by atoms with Gasteiger partial charge in [-0.2, -0.15) is 0 Å². The SMILES string of the molecule is CC1(C)CC1CNC(=O)c1cc(Cl)cc(S(N)(=O)=O)c1F. The molecule has 0 radical (unpaired) electrons. The number of hydrogen-bond donors (Lipinski definition) is 2. The number of hydrogen-bond acceptors (Lipinski definition) is 3. The van der Waals surface area contributed by atoms with Gasteiger partial charge in [0.2, 0.25) is 10.0 Å². The van der Waals surface area contributed by atoms with E-state index in [-0.39, 0.29) is 10.4 Å². The highest BCUT2D eigenvalue weighted by molar-refractivity contribution is 7.89. The van der Waals surface area contributed by atoms with Crippen molar-refractivity contribution in [1.82, 2.24) is 5.32 Å². The molecule has 0 heterocycles. The van der Waals surface area contributed by atoms with Gasteiger partial charge >= 0.3 is 0 Å². The second-order valence-electron chi connectivity index (χ2n) is 5.91. The summed E-state index contributed by atoms with van der Waals surface area (Å²) in [6.45, 7) is 4.55. The van der Waals surface area contributed by atoms with Crippen LogP contribution in [-0.2, 0) is 10.0 Å². The molecule has 1 saturated carbocycles. The van der Waals surface area contributed by atoms with Crippen molar-refractivity contribution in [2.45, 2.75) is 25.2 Å². The number of primary sulfonamides is 1. The maximum absolute atomic E-state index is 14.1. The molecule has 1 aliphatic carbocycles. The summed E-state index contributed by atoms with van der Waals surface area (Å²) in [7, 11) is -4.29. The van der Waals surface area contributed by atoms with E-state index in [1.165, 1.54) is 0 Å². The number of halogens is 2. The molecule has 1 unspecified atom stereocenters. The van der Waals surface area contributed by atoms with Crippen molar-refractivity contribution in [3.8, 4) is 0 Å². The van der Waals surface area contributed by atoms with Gasteiger partial charge in [0, 0.05) is 11.6 Å². The van der Waals surface area contributed by atoms with Crippen LogP contribution in [-0.4, -0.2) is 20.9 Å². The van der Waals surface area contributed by atoms with Gasteiger partial charge in [0.15, 0.2) is 5.82 Å². The molecule has 0 saturated heterocycles. The van der Waals surface area contributed by atoms with Crippen LogP contribution >= 0.6 is 11.6 Å². The van der Waals surface area contributed by atoms with Crippen LogP contribution in [0.1, 0.15) is 30.6 Å². The Morgan fingerprint density at radius 2 is 2.10 bits per heavy atom. The van der Waals surface area contributed by atoms with Crippen LogP contribution in [0, 0.1) is 17.2 Å². The third-order valence-electron chi connectivity index (χ3n) is 3.78. The first-order valence-corrected chi connectivity index (χ1v) is 8.25. The Morgan fingerprint density at radius 1 is 1.52 bits per heavy atom. The summed E-state index contributed by atoms with van der Waals surface area (Å²) in [4.78, 5) is 11.2. The number of sulfonamides is 1. The fourth-order valence-electron chi connectivity index (χ4n) is 2.17. The van der Waals surface area contributed by atoms with Crippen LogP contribution in [0.5, 0.6) is 0 Å². The zero-order chi connectivity index (χ0) is 16.0. The van der Waals surface area contributed by atoms with E-state index >= 15 is 0 Å². The number of amides is 1. The molecule has 1 atom stereocenters. The van der Waals surface area contributed by atoms with Gasteiger partial charge in [0.1, 0.15) is 4.90 Å². The summed E-state index contributed by atoms with van der Waals surface area (Å²) < 4.78 is 36.7. The topological polar surface area (TPSA) is 89.3 Å². The number of nitrogens with two attached hydrogens (primary N) is 1. The molecule has 5 nitrogen and oxygen atoms in total. The highest BCUT2D eigenvalue weighted by atomic mass is 35.5. The van der Waals surface area contributed by atoms with Crippen molar-refractivity contribution in [3.05, 3.63) is 28.5 Å². The Balaban J connectivity index is 2.23. The summed E-state index contributed by atoms with van der Waals surface area (Å²) in [5.74, 6) is -1.56. The molecule has 3 N–H and O–H groups in total. The van der Waals surface area contributed by atoms with Gasteiger partial charge in [-0.1, -0.05) is 25.4 Å². The van der Waals surface area contributed by atoms with E-state index in [1.807, 2.05) is 0 Å². The lowest BCUT2D eigenvalue weighted by Crippen LogP contribution is -2.28. The van der Waals surface area contributed by atoms with Gasteiger partial charge in [-0.25, -0.2) is 17.9 Å². The third kappa shape index (κ3) is 3.53. The van der Waals surface area contributed by atoms with Crippen molar-refractivity contribution in [3.63, 3.8) is 0 Å². The number of carbonyl (C=O) groups excluding carboxylic acids is 1. The second kappa shape index (κ2) is 5.23. The summed E-state index contributed by atoms with van der Waals surface area (Å²) in [6.07, 6.45) is 0.980. The summed E-state index contributed by atoms with van der Waals surface area (Å²) in [6, 6.07) is 1.96. The van der Waals surface area contributed by atoms with Crippen molar-refractivity contribution in [2.24, 2.45) is 16.5 Å². The minimum Gasteiger partial charge on any atom is -0.352 e. The van der Waals surface area contributed by atoms with Gasteiger partial charge in [-0.3, -0.25) is 4.79 Å². The van der Waals surface area contributed by atoms with E-state index in [0.29, 0.717) is 12.5 Å². The fraction of sp³-hybridized carbons (Fsp3) is 0.462. The predicted molar refractivity (Wildman–Crippen MR) is 77.0 cm³/mol. The molecule has 8 heteroatoms. The van der Waals surface area contributed by atoms with Crippen molar-refractivity contribution < 1.29 is 17.6 Å². The molecule has 21 heavy (non-hydrogen) atoms. The molecule has 0 bridgehead atoms. The second-order valence-corrected chi connectivity index (χ2v) is 7.88. The molecule has 1 fully saturated rings. The molecule has 0 spiro atoms. The summed E-state index contributed by atoms with van der Waals surface area (Å²) in [5, 5.41) is 7.42. The van der Waals surface area contributed by atoms with E-state index in [0.717, 1.165) is 18.6 Å². The Labute approximate surface area is 127 Å². The van der Waals surface area contributed by atoms with Gasteiger partial charge in [-0.05, 0) is 29.9 Å². The molecule has 0 aliphatic heterocycles. The third-order valence-corrected chi connectivity index (χ3v) is 4.91. The van der Waals surface area contributed by atoms with Gasteiger partial charge in [0.25, 0.3) is 5.91 Å². The Bertz CT molecular complexity index is 704. The molecule has 2 rings (SSSR count). The fourth-order valence-corrected chi connectivity index (χ4v) is 3.11.